The largest absolute Gasteiger partial charge is 0.309 e. The number of nitrogens with zero attached hydrogens (tertiary/aromatic N) is 1. The van der Waals surface area contributed by atoms with E-state index >= 15 is 0 Å². The molecule has 0 aliphatic rings. The lowest BCUT2D eigenvalue weighted by Crippen LogP contribution is -1.93. The van der Waals surface area contributed by atoms with E-state index in [1.165, 1.54) is 64.4 Å². The molecule has 0 aliphatic carbocycles. The molecule has 0 saturated carbocycles. The van der Waals surface area contributed by atoms with Gasteiger partial charge >= 0.3 is 0 Å². The molecule has 0 aliphatic heterocycles. The van der Waals surface area contributed by atoms with Gasteiger partial charge in [-0.3, -0.25) is 0 Å². The van der Waals surface area contributed by atoms with Gasteiger partial charge in [-0.25, -0.2) is 0 Å². The predicted octanol–water partition coefficient (Wildman–Crippen LogP) is 9.89. The van der Waals surface area contributed by atoms with Crippen molar-refractivity contribution in [2.45, 2.75) is 6.92 Å². The Kier molecular flexibility index (Phi) is 4.45. The third kappa shape index (κ3) is 2.97. The molecule has 2 heterocycles. The van der Waals surface area contributed by atoms with Gasteiger partial charge < -0.3 is 4.57 Å². The number of halogens is 1. The maximum atomic E-state index is 3.88. The molecule has 2 aromatic heterocycles. The second-order valence-electron chi connectivity index (χ2n) is 8.85. The molecule has 34 heavy (non-hydrogen) atoms. The average molecular weight is 518 g/mol. The maximum absolute atomic E-state index is 3.88. The molecule has 0 radical (unpaired) electrons. The second kappa shape index (κ2) is 7.56. The lowest BCUT2D eigenvalue weighted by molar-refractivity contribution is 1.17. The third-order valence-electron chi connectivity index (χ3n) is 6.73. The van der Waals surface area contributed by atoms with Gasteiger partial charge in [0.2, 0.25) is 0 Å². The number of thiophene rings is 1. The van der Waals surface area contributed by atoms with Crippen molar-refractivity contribution in [1.29, 1.82) is 0 Å². The van der Waals surface area contributed by atoms with Crippen molar-refractivity contribution in [1.82, 2.24) is 4.57 Å². The zero-order chi connectivity index (χ0) is 22.8. The van der Waals surface area contributed by atoms with Gasteiger partial charge in [-0.15, -0.1) is 11.3 Å². The first-order valence-electron chi connectivity index (χ1n) is 11.4. The number of hydrogen-bond donors (Lipinski definition) is 0. The van der Waals surface area contributed by atoms with Crippen LogP contribution in [0.5, 0.6) is 0 Å². The molecule has 0 N–H and O–H groups in total. The molecule has 0 atom stereocenters. The van der Waals surface area contributed by atoms with Crippen LogP contribution in [0.4, 0.5) is 0 Å². The molecule has 0 spiro atoms. The first kappa shape index (κ1) is 20.0. The molecule has 0 bridgehead atoms. The van der Waals surface area contributed by atoms with Gasteiger partial charge in [-0.1, -0.05) is 76.1 Å². The van der Waals surface area contributed by atoms with E-state index in [9.17, 15) is 0 Å². The Hall–Kier alpha value is -3.40. The van der Waals surface area contributed by atoms with E-state index in [-0.39, 0.29) is 0 Å². The van der Waals surface area contributed by atoms with Crippen molar-refractivity contribution >= 4 is 69.2 Å². The van der Waals surface area contributed by atoms with Crippen LogP contribution in [0, 0.1) is 6.92 Å². The first-order chi connectivity index (χ1) is 16.7. The van der Waals surface area contributed by atoms with E-state index in [4.69, 9.17) is 0 Å². The molecule has 0 saturated heterocycles. The van der Waals surface area contributed by atoms with Crippen LogP contribution in [0.15, 0.2) is 108 Å². The Morgan fingerprint density at radius 3 is 2.21 bits per heavy atom. The minimum absolute atomic E-state index is 1.15. The Morgan fingerprint density at radius 1 is 0.618 bits per heavy atom. The minimum Gasteiger partial charge on any atom is -0.309 e. The summed E-state index contributed by atoms with van der Waals surface area (Å²) in [5.41, 5.74) is 7.41. The fourth-order valence-electron chi connectivity index (χ4n) is 5.10. The number of rotatable bonds is 2. The highest BCUT2D eigenvalue weighted by Gasteiger charge is 2.15. The monoisotopic (exact) mass is 517 g/mol. The number of aryl methyl sites for hydroxylation is 1. The van der Waals surface area contributed by atoms with Gasteiger partial charge in [0.05, 0.1) is 11.0 Å². The second-order valence-corrected chi connectivity index (χ2v) is 10.8. The highest BCUT2D eigenvalue weighted by Crippen LogP contribution is 2.42. The predicted molar refractivity (Wildman–Crippen MR) is 152 cm³/mol. The van der Waals surface area contributed by atoms with Crippen LogP contribution >= 0.6 is 27.3 Å². The summed E-state index contributed by atoms with van der Waals surface area (Å²) >= 11 is 5.74. The minimum atomic E-state index is 1.15. The van der Waals surface area contributed by atoms with Gasteiger partial charge in [0, 0.05) is 41.1 Å². The Balaban J connectivity index is 1.47. The zero-order valence-corrected chi connectivity index (χ0v) is 21.0. The van der Waals surface area contributed by atoms with Crippen molar-refractivity contribution in [2.75, 3.05) is 0 Å². The molecule has 1 nitrogen and oxygen atoms in total. The third-order valence-corrected chi connectivity index (χ3v) is 8.47. The molecular formula is C31H20BrNS. The van der Waals surface area contributed by atoms with Gasteiger partial charge in [0.1, 0.15) is 0 Å². The summed E-state index contributed by atoms with van der Waals surface area (Å²) in [7, 11) is 0. The summed E-state index contributed by atoms with van der Waals surface area (Å²) < 4.78 is 6.17. The number of para-hydroxylation sites is 1. The van der Waals surface area contributed by atoms with Crippen LogP contribution in [0.2, 0.25) is 0 Å². The van der Waals surface area contributed by atoms with Crippen LogP contribution in [0.25, 0.3) is 58.8 Å². The number of hydrogen-bond acceptors (Lipinski definition) is 1. The standard InChI is InChI=1S/C31H20BrNS/c1-19-10-13-22(14-11-19)33-27-8-4-2-6-23(27)25-16-20(12-15-28(25)33)21-17-26(32)31-24-7-3-5-9-29(24)34-30(31)18-21/h2-18H,1H3. The van der Waals surface area contributed by atoms with Crippen molar-refractivity contribution in [3.63, 3.8) is 0 Å². The molecule has 3 heteroatoms. The van der Waals surface area contributed by atoms with Crippen molar-refractivity contribution in [2.24, 2.45) is 0 Å². The molecule has 162 valence electrons. The van der Waals surface area contributed by atoms with E-state index in [1.807, 2.05) is 11.3 Å². The smallest absolute Gasteiger partial charge is 0.0541 e. The van der Waals surface area contributed by atoms with Gasteiger partial charge in [0.15, 0.2) is 0 Å². The van der Waals surface area contributed by atoms with Gasteiger partial charge in [0.25, 0.3) is 0 Å². The first-order valence-corrected chi connectivity index (χ1v) is 13.0. The number of aromatic nitrogens is 1. The normalized spacial score (nSPS) is 11.8. The van der Waals surface area contributed by atoms with E-state index in [0.717, 1.165) is 4.47 Å². The Bertz CT molecular complexity index is 1870. The summed E-state index contributed by atoms with van der Waals surface area (Å²) in [6.07, 6.45) is 0. The Morgan fingerprint density at radius 2 is 1.35 bits per heavy atom. The summed E-state index contributed by atoms with van der Waals surface area (Å²) in [4.78, 5) is 0. The van der Waals surface area contributed by atoms with Crippen LogP contribution in [0.3, 0.4) is 0 Å². The quantitative estimate of drug-likeness (QED) is 0.215. The van der Waals surface area contributed by atoms with E-state index in [1.54, 1.807) is 0 Å². The van der Waals surface area contributed by atoms with Crippen LogP contribution in [-0.4, -0.2) is 4.57 Å². The van der Waals surface area contributed by atoms with Crippen LogP contribution in [-0.2, 0) is 0 Å². The highest BCUT2D eigenvalue weighted by atomic mass is 79.9. The van der Waals surface area contributed by atoms with Crippen molar-refractivity contribution in [3.8, 4) is 16.8 Å². The maximum Gasteiger partial charge on any atom is 0.0541 e. The molecular weight excluding hydrogens is 498 g/mol. The molecule has 7 aromatic rings. The Labute approximate surface area is 210 Å². The number of fused-ring (bicyclic) bond motifs is 6. The van der Waals surface area contributed by atoms with Gasteiger partial charge in [-0.2, -0.15) is 0 Å². The summed E-state index contributed by atoms with van der Waals surface area (Å²) in [5.74, 6) is 0. The highest BCUT2D eigenvalue weighted by molar-refractivity contribution is 9.10. The zero-order valence-electron chi connectivity index (χ0n) is 18.5. The molecule has 0 amide bonds. The van der Waals surface area contributed by atoms with Crippen LogP contribution < -0.4 is 0 Å². The van der Waals surface area contributed by atoms with Gasteiger partial charge in [-0.05, 0) is 66.6 Å². The van der Waals surface area contributed by atoms with Crippen LogP contribution in [0.1, 0.15) is 5.56 Å². The fraction of sp³-hybridized carbons (Fsp3) is 0.0323. The molecule has 7 rings (SSSR count). The van der Waals surface area contributed by atoms with E-state index < -0.39 is 0 Å². The summed E-state index contributed by atoms with van der Waals surface area (Å²) in [6, 6.07) is 37.6. The van der Waals surface area contributed by atoms with Crippen molar-refractivity contribution < 1.29 is 0 Å². The van der Waals surface area contributed by atoms with E-state index in [0.29, 0.717) is 0 Å². The molecule has 0 unspecified atom stereocenters. The number of benzene rings is 5. The summed E-state index contributed by atoms with van der Waals surface area (Å²) in [5, 5.41) is 5.18. The average Bonchev–Trinajstić information content (AvgIpc) is 3.40. The summed E-state index contributed by atoms with van der Waals surface area (Å²) in [6.45, 7) is 2.13. The van der Waals surface area contributed by atoms with Crippen molar-refractivity contribution in [3.05, 3.63) is 113 Å². The fourth-order valence-corrected chi connectivity index (χ4v) is 7.07. The lowest BCUT2D eigenvalue weighted by atomic mass is 10.0. The SMILES string of the molecule is Cc1ccc(-n2c3ccccc3c3cc(-c4cc(Br)c5c(c4)sc4ccccc45)ccc32)cc1. The lowest BCUT2D eigenvalue weighted by Gasteiger charge is -2.09. The molecule has 5 aromatic carbocycles. The topological polar surface area (TPSA) is 4.93 Å². The van der Waals surface area contributed by atoms with E-state index in [2.05, 4.69) is 131 Å². The molecule has 0 fully saturated rings.